The molecule has 0 bridgehead atoms. The summed E-state index contributed by atoms with van der Waals surface area (Å²) < 4.78 is 0. The SMILES string of the molecule is NNC(Cc1ccc(Cl)cc1)Cc1nccs1. The van der Waals surface area contributed by atoms with E-state index in [-0.39, 0.29) is 6.04 Å². The van der Waals surface area contributed by atoms with Gasteiger partial charge in [-0.3, -0.25) is 11.3 Å². The predicted molar refractivity (Wildman–Crippen MR) is 72.1 cm³/mol. The number of hydrogen-bond acceptors (Lipinski definition) is 4. The van der Waals surface area contributed by atoms with Gasteiger partial charge in [-0.2, -0.15) is 0 Å². The molecule has 0 saturated carbocycles. The number of nitrogens with zero attached hydrogens (tertiary/aromatic N) is 1. The van der Waals surface area contributed by atoms with E-state index in [2.05, 4.69) is 10.4 Å². The van der Waals surface area contributed by atoms with Crippen molar-refractivity contribution in [2.24, 2.45) is 5.84 Å². The highest BCUT2D eigenvalue weighted by atomic mass is 35.5. The third-order valence-electron chi connectivity index (χ3n) is 2.54. The molecule has 90 valence electrons. The molecule has 2 rings (SSSR count). The number of hydrogen-bond donors (Lipinski definition) is 2. The van der Waals surface area contributed by atoms with E-state index in [1.807, 2.05) is 35.8 Å². The first-order valence-electron chi connectivity index (χ1n) is 5.37. The van der Waals surface area contributed by atoms with Gasteiger partial charge >= 0.3 is 0 Å². The fourth-order valence-electron chi connectivity index (χ4n) is 1.66. The lowest BCUT2D eigenvalue weighted by Gasteiger charge is -2.14. The standard InChI is InChI=1S/C12H14ClN3S/c13-10-3-1-9(2-4-10)7-11(16-14)8-12-15-5-6-17-12/h1-6,11,16H,7-8,14H2. The van der Waals surface area contributed by atoms with Gasteiger partial charge in [0.15, 0.2) is 0 Å². The Morgan fingerprint density at radius 2 is 2.06 bits per heavy atom. The van der Waals surface area contributed by atoms with Crippen molar-refractivity contribution in [3.63, 3.8) is 0 Å². The van der Waals surface area contributed by atoms with Gasteiger partial charge in [-0.25, -0.2) is 4.98 Å². The molecule has 0 fully saturated rings. The van der Waals surface area contributed by atoms with E-state index in [0.29, 0.717) is 0 Å². The van der Waals surface area contributed by atoms with E-state index in [1.54, 1.807) is 11.3 Å². The highest BCUT2D eigenvalue weighted by Crippen LogP contribution is 2.13. The fraction of sp³-hybridized carbons (Fsp3) is 0.250. The second-order valence-electron chi connectivity index (χ2n) is 3.82. The smallest absolute Gasteiger partial charge is 0.0940 e. The second kappa shape index (κ2) is 6.12. The minimum atomic E-state index is 0.197. The average Bonchev–Trinajstić information content (AvgIpc) is 2.84. The van der Waals surface area contributed by atoms with Crippen molar-refractivity contribution >= 4 is 22.9 Å². The molecule has 5 heteroatoms. The normalized spacial score (nSPS) is 12.6. The van der Waals surface area contributed by atoms with E-state index in [9.17, 15) is 0 Å². The first-order valence-corrected chi connectivity index (χ1v) is 6.62. The molecular formula is C12H14ClN3S. The number of nitrogens with two attached hydrogens (primary N) is 1. The molecule has 0 aliphatic heterocycles. The van der Waals surface area contributed by atoms with Gasteiger partial charge in [-0.15, -0.1) is 11.3 Å². The maximum absolute atomic E-state index is 5.85. The molecule has 0 aliphatic rings. The molecule has 0 radical (unpaired) electrons. The zero-order valence-electron chi connectivity index (χ0n) is 9.27. The number of nitrogens with one attached hydrogen (secondary N) is 1. The summed E-state index contributed by atoms with van der Waals surface area (Å²) in [5, 5.41) is 3.83. The van der Waals surface area contributed by atoms with Gasteiger partial charge in [-0.05, 0) is 24.1 Å². The molecule has 1 unspecified atom stereocenters. The maximum Gasteiger partial charge on any atom is 0.0940 e. The Morgan fingerprint density at radius 1 is 1.29 bits per heavy atom. The van der Waals surface area contributed by atoms with Crippen LogP contribution in [-0.2, 0) is 12.8 Å². The van der Waals surface area contributed by atoms with Gasteiger partial charge in [-0.1, -0.05) is 23.7 Å². The number of benzene rings is 1. The van der Waals surface area contributed by atoms with E-state index in [4.69, 9.17) is 17.4 Å². The lowest BCUT2D eigenvalue weighted by molar-refractivity contribution is 0.521. The molecule has 0 spiro atoms. The first kappa shape index (κ1) is 12.5. The van der Waals surface area contributed by atoms with Gasteiger partial charge in [0.1, 0.15) is 0 Å². The van der Waals surface area contributed by atoms with Crippen LogP contribution >= 0.6 is 22.9 Å². The fourth-order valence-corrected chi connectivity index (χ4v) is 2.48. The summed E-state index contributed by atoms with van der Waals surface area (Å²) in [6.45, 7) is 0. The predicted octanol–water partition coefficient (Wildman–Crippen LogP) is 2.41. The van der Waals surface area contributed by atoms with Crippen molar-refractivity contribution in [3.05, 3.63) is 51.4 Å². The number of hydrazine groups is 1. The third-order valence-corrected chi connectivity index (χ3v) is 3.59. The Morgan fingerprint density at radius 3 is 2.65 bits per heavy atom. The third kappa shape index (κ3) is 3.78. The number of rotatable bonds is 5. The Labute approximate surface area is 110 Å². The van der Waals surface area contributed by atoms with Crippen LogP contribution in [0, 0.1) is 0 Å². The van der Waals surface area contributed by atoms with Crippen molar-refractivity contribution in [3.8, 4) is 0 Å². The Balaban J connectivity index is 1.97. The Kier molecular flexibility index (Phi) is 4.50. The summed E-state index contributed by atoms with van der Waals surface area (Å²) >= 11 is 7.50. The van der Waals surface area contributed by atoms with Crippen LogP contribution in [0.1, 0.15) is 10.6 Å². The summed E-state index contributed by atoms with van der Waals surface area (Å²) in [4.78, 5) is 4.26. The molecule has 1 aromatic heterocycles. The van der Waals surface area contributed by atoms with Crippen LogP contribution < -0.4 is 11.3 Å². The minimum absolute atomic E-state index is 0.197. The zero-order chi connectivity index (χ0) is 12.1. The maximum atomic E-state index is 5.85. The quantitative estimate of drug-likeness (QED) is 0.646. The van der Waals surface area contributed by atoms with Crippen LogP contribution in [0.4, 0.5) is 0 Å². The lowest BCUT2D eigenvalue weighted by atomic mass is 10.0. The zero-order valence-corrected chi connectivity index (χ0v) is 10.8. The van der Waals surface area contributed by atoms with Gasteiger partial charge < -0.3 is 0 Å². The second-order valence-corrected chi connectivity index (χ2v) is 5.24. The molecule has 3 nitrogen and oxygen atoms in total. The Bertz CT molecular complexity index is 441. The van der Waals surface area contributed by atoms with Crippen molar-refractivity contribution in [1.82, 2.24) is 10.4 Å². The number of halogens is 1. The topological polar surface area (TPSA) is 50.9 Å². The van der Waals surface area contributed by atoms with Crippen molar-refractivity contribution in [2.75, 3.05) is 0 Å². The van der Waals surface area contributed by atoms with Crippen molar-refractivity contribution < 1.29 is 0 Å². The molecule has 3 N–H and O–H groups in total. The van der Waals surface area contributed by atoms with E-state index >= 15 is 0 Å². The van der Waals surface area contributed by atoms with Crippen LogP contribution in [0.15, 0.2) is 35.8 Å². The van der Waals surface area contributed by atoms with Gasteiger partial charge in [0.2, 0.25) is 0 Å². The van der Waals surface area contributed by atoms with Crippen molar-refractivity contribution in [2.45, 2.75) is 18.9 Å². The van der Waals surface area contributed by atoms with Gasteiger partial charge in [0.05, 0.1) is 5.01 Å². The lowest BCUT2D eigenvalue weighted by Crippen LogP contribution is -2.38. The molecular weight excluding hydrogens is 254 g/mol. The summed E-state index contributed by atoms with van der Waals surface area (Å²) in [6, 6.07) is 8.03. The molecule has 1 atom stereocenters. The molecule has 0 aliphatic carbocycles. The van der Waals surface area contributed by atoms with Gasteiger partial charge in [0, 0.05) is 29.1 Å². The van der Waals surface area contributed by atoms with Crippen LogP contribution in [0.5, 0.6) is 0 Å². The molecule has 1 aromatic carbocycles. The minimum Gasteiger partial charge on any atom is -0.271 e. The van der Waals surface area contributed by atoms with Crippen LogP contribution in [0.25, 0.3) is 0 Å². The molecule has 0 saturated heterocycles. The largest absolute Gasteiger partial charge is 0.271 e. The first-order chi connectivity index (χ1) is 8.28. The van der Waals surface area contributed by atoms with Crippen LogP contribution in [-0.4, -0.2) is 11.0 Å². The molecule has 1 heterocycles. The molecule has 2 aromatic rings. The van der Waals surface area contributed by atoms with E-state index < -0.39 is 0 Å². The van der Waals surface area contributed by atoms with Gasteiger partial charge in [0.25, 0.3) is 0 Å². The Hall–Kier alpha value is -0.940. The van der Waals surface area contributed by atoms with E-state index in [0.717, 1.165) is 22.9 Å². The average molecular weight is 268 g/mol. The van der Waals surface area contributed by atoms with Crippen molar-refractivity contribution in [1.29, 1.82) is 0 Å². The highest BCUT2D eigenvalue weighted by Gasteiger charge is 2.10. The molecule has 0 amide bonds. The molecule has 17 heavy (non-hydrogen) atoms. The summed E-state index contributed by atoms with van der Waals surface area (Å²) in [6.07, 6.45) is 3.53. The summed E-state index contributed by atoms with van der Waals surface area (Å²) in [7, 11) is 0. The number of aromatic nitrogens is 1. The number of thiazole rings is 1. The van der Waals surface area contributed by atoms with E-state index in [1.165, 1.54) is 5.56 Å². The van der Waals surface area contributed by atoms with Crippen LogP contribution in [0.2, 0.25) is 5.02 Å². The summed E-state index contributed by atoms with van der Waals surface area (Å²) in [5.74, 6) is 5.57. The summed E-state index contributed by atoms with van der Waals surface area (Å²) in [5.41, 5.74) is 4.05. The highest BCUT2D eigenvalue weighted by molar-refractivity contribution is 7.09. The van der Waals surface area contributed by atoms with Crippen LogP contribution in [0.3, 0.4) is 0 Å². The monoisotopic (exact) mass is 267 g/mol.